The van der Waals surface area contributed by atoms with Crippen LogP contribution in [0.15, 0.2) is 0 Å². The average Bonchev–Trinajstić information content (AvgIpc) is 2.83. The third kappa shape index (κ3) is 3.53. The summed E-state index contributed by atoms with van der Waals surface area (Å²) in [7, 11) is 0. The van der Waals surface area contributed by atoms with Gasteiger partial charge in [-0.25, -0.2) is 0 Å². The number of carbonyl (C=O) groups is 3. The minimum atomic E-state index is -1.52. The van der Waals surface area contributed by atoms with Gasteiger partial charge in [0.05, 0.1) is 13.2 Å². The summed E-state index contributed by atoms with van der Waals surface area (Å²) < 4.78 is 14.7. The van der Waals surface area contributed by atoms with Crippen molar-refractivity contribution in [2.75, 3.05) is 19.8 Å². The van der Waals surface area contributed by atoms with Crippen molar-refractivity contribution in [2.24, 2.45) is 5.92 Å². The maximum absolute atomic E-state index is 12.1. The molecule has 0 bridgehead atoms. The Morgan fingerprint density at radius 2 is 1.72 bits per heavy atom. The van der Waals surface area contributed by atoms with Crippen molar-refractivity contribution in [3.63, 3.8) is 0 Å². The van der Waals surface area contributed by atoms with Crippen molar-refractivity contribution >= 4 is 17.7 Å². The summed E-state index contributed by atoms with van der Waals surface area (Å²) >= 11 is 0. The van der Waals surface area contributed by atoms with Crippen molar-refractivity contribution in [1.82, 2.24) is 0 Å². The highest BCUT2D eigenvalue weighted by atomic mass is 16.6. The molecule has 0 aliphatic carbocycles. The molecule has 1 rings (SSSR count). The fourth-order valence-electron chi connectivity index (χ4n) is 1.77. The molecule has 0 aromatic heterocycles. The van der Waals surface area contributed by atoms with Crippen molar-refractivity contribution in [1.29, 1.82) is 0 Å². The maximum atomic E-state index is 12.1. The van der Waals surface area contributed by atoms with Crippen molar-refractivity contribution in [2.45, 2.75) is 32.8 Å². The Bertz CT molecular complexity index is 301. The number of hydrogen-bond acceptors (Lipinski definition) is 6. The molecule has 0 amide bonds. The zero-order chi connectivity index (χ0) is 13.5. The smallest absolute Gasteiger partial charge is 0.328 e. The van der Waals surface area contributed by atoms with Crippen LogP contribution in [-0.4, -0.2) is 43.6 Å². The second-order valence-electron chi connectivity index (χ2n) is 3.84. The molecule has 1 aliphatic heterocycles. The molecule has 6 nitrogen and oxygen atoms in total. The van der Waals surface area contributed by atoms with Crippen LogP contribution >= 0.6 is 0 Å². The molecular weight excluding hydrogens is 240 g/mol. The standard InChI is InChI=1S/C12H18O6/c1-3-16-11(14)9(12(15)17-4-2)10(13)8-6-5-7-18-8/h8-9H,3-7H2,1-2H3. The Balaban J connectivity index is 2.78. The summed E-state index contributed by atoms with van der Waals surface area (Å²) in [5, 5.41) is 0. The lowest BCUT2D eigenvalue weighted by atomic mass is 9.98. The number of esters is 2. The monoisotopic (exact) mass is 258 g/mol. The molecule has 1 heterocycles. The van der Waals surface area contributed by atoms with Crippen LogP contribution in [0.4, 0.5) is 0 Å². The number of hydrogen-bond donors (Lipinski definition) is 0. The SMILES string of the molecule is CCOC(=O)C(C(=O)OCC)C(=O)C1CCCO1. The van der Waals surface area contributed by atoms with E-state index in [4.69, 9.17) is 14.2 Å². The van der Waals surface area contributed by atoms with Gasteiger partial charge in [-0.05, 0) is 26.7 Å². The van der Waals surface area contributed by atoms with E-state index in [1.807, 2.05) is 0 Å². The van der Waals surface area contributed by atoms with Gasteiger partial charge in [0.25, 0.3) is 0 Å². The van der Waals surface area contributed by atoms with Crippen molar-refractivity contribution in [3.8, 4) is 0 Å². The summed E-state index contributed by atoms with van der Waals surface area (Å²) in [6.45, 7) is 3.89. The predicted molar refractivity (Wildman–Crippen MR) is 60.7 cm³/mol. The molecule has 0 N–H and O–H groups in total. The second-order valence-corrected chi connectivity index (χ2v) is 3.84. The highest BCUT2D eigenvalue weighted by Gasteiger charge is 2.41. The molecule has 1 atom stereocenters. The van der Waals surface area contributed by atoms with E-state index in [0.29, 0.717) is 13.0 Å². The topological polar surface area (TPSA) is 78.9 Å². The first-order chi connectivity index (χ1) is 8.61. The van der Waals surface area contributed by atoms with Gasteiger partial charge in [0.15, 0.2) is 5.78 Å². The first-order valence-electron chi connectivity index (χ1n) is 6.10. The maximum Gasteiger partial charge on any atom is 0.328 e. The van der Waals surface area contributed by atoms with Crippen LogP contribution in [0.2, 0.25) is 0 Å². The van der Waals surface area contributed by atoms with Crippen LogP contribution in [0.3, 0.4) is 0 Å². The minimum absolute atomic E-state index is 0.105. The lowest BCUT2D eigenvalue weighted by molar-refractivity contribution is -0.166. The minimum Gasteiger partial charge on any atom is -0.465 e. The van der Waals surface area contributed by atoms with Gasteiger partial charge in [0.1, 0.15) is 6.10 Å². The predicted octanol–water partition coefficient (Wildman–Crippen LogP) is 0.477. The molecule has 0 radical (unpaired) electrons. The molecule has 0 aromatic carbocycles. The van der Waals surface area contributed by atoms with Crippen molar-refractivity contribution < 1.29 is 28.6 Å². The lowest BCUT2D eigenvalue weighted by Crippen LogP contribution is -2.40. The van der Waals surface area contributed by atoms with Gasteiger partial charge in [-0.2, -0.15) is 0 Å². The molecule has 18 heavy (non-hydrogen) atoms. The van der Waals surface area contributed by atoms with Gasteiger partial charge >= 0.3 is 11.9 Å². The van der Waals surface area contributed by atoms with Gasteiger partial charge < -0.3 is 14.2 Å². The van der Waals surface area contributed by atoms with Gasteiger partial charge in [0, 0.05) is 6.61 Å². The molecule has 0 saturated carbocycles. The third-order valence-corrected chi connectivity index (χ3v) is 2.58. The Hall–Kier alpha value is -1.43. The Labute approximate surface area is 106 Å². The van der Waals surface area contributed by atoms with E-state index in [1.54, 1.807) is 13.8 Å². The fourth-order valence-corrected chi connectivity index (χ4v) is 1.77. The average molecular weight is 258 g/mol. The highest BCUT2D eigenvalue weighted by Crippen LogP contribution is 2.19. The molecule has 1 aliphatic rings. The first kappa shape index (κ1) is 14.6. The van der Waals surface area contributed by atoms with E-state index >= 15 is 0 Å². The first-order valence-corrected chi connectivity index (χ1v) is 6.10. The summed E-state index contributed by atoms with van der Waals surface area (Å²) in [4.78, 5) is 35.4. The molecule has 6 heteroatoms. The summed E-state index contributed by atoms with van der Waals surface area (Å²) in [5.74, 6) is -3.81. The third-order valence-electron chi connectivity index (χ3n) is 2.58. The van der Waals surface area contributed by atoms with Crippen LogP contribution in [0.5, 0.6) is 0 Å². The number of Topliss-reactive ketones (excluding diaryl/α,β-unsaturated/α-hetero) is 1. The number of carbonyl (C=O) groups excluding carboxylic acids is 3. The van der Waals surface area contributed by atoms with E-state index in [1.165, 1.54) is 0 Å². The number of ketones is 1. The fraction of sp³-hybridized carbons (Fsp3) is 0.750. The van der Waals surface area contributed by atoms with E-state index in [0.717, 1.165) is 6.42 Å². The molecule has 102 valence electrons. The van der Waals surface area contributed by atoms with Crippen LogP contribution < -0.4 is 0 Å². The van der Waals surface area contributed by atoms with Gasteiger partial charge in [-0.15, -0.1) is 0 Å². The normalized spacial score (nSPS) is 18.7. The summed E-state index contributed by atoms with van der Waals surface area (Å²) in [6.07, 6.45) is 0.562. The Morgan fingerprint density at radius 1 is 1.17 bits per heavy atom. The summed E-state index contributed by atoms with van der Waals surface area (Å²) in [6, 6.07) is 0. The van der Waals surface area contributed by atoms with Crippen LogP contribution in [0.1, 0.15) is 26.7 Å². The molecule has 0 aromatic rings. The largest absolute Gasteiger partial charge is 0.465 e. The highest BCUT2D eigenvalue weighted by molar-refractivity contribution is 6.16. The summed E-state index contributed by atoms with van der Waals surface area (Å²) in [5.41, 5.74) is 0. The molecule has 1 saturated heterocycles. The van der Waals surface area contributed by atoms with E-state index in [2.05, 4.69) is 0 Å². The zero-order valence-corrected chi connectivity index (χ0v) is 10.6. The van der Waals surface area contributed by atoms with Gasteiger partial charge in [0.2, 0.25) is 5.92 Å². The van der Waals surface area contributed by atoms with Crippen molar-refractivity contribution in [3.05, 3.63) is 0 Å². The van der Waals surface area contributed by atoms with Crippen LogP contribution in [-0.2, 0) is 28.6 Å². The van der Waals surface area contributed by atoms with E-state index < -0.39 is 29.7 Å². The molecule has 1 unspecified atom stereocenters. The molecular formula is C12H18O6. The molecule has 0 spiro atoms. The van der Waals surface area contributed by atoms with Crippen LogP contribution in [0.25, 0.3) is 0 Å². The Kier molecular flexibility index (Phi) is 5.77. The zero-order valence-electron chi connectivity index (χ0n) is 10.6. The number of ether oxygens (including phenoxy) is 3. The second kappa shape index (κ2) is 7.10. The quantitative estimate of drug-likeness (QED) is 0.509. The van der Waals surface area contributed by atoms with Crippen LogP contribution in [0, 0.1) is 5.92 Å². The van der Waals surface area contributed by atoms with Gasteiger partial charge in [-0.3, -0.25) is 14.4 Å². The lowest BCUT2D eigenvalue weighted by Gasteiger charge is -2.16. The number of rotatable bonds is 6. The molecule has 1 fully saturated rings. The van der Waals surface area contributed by atoms with E-state index in [-0.39, 0.29) is 13.2 Å². The Morgan fingerprint density at radius 3 is 2.11 bits per heavy atom. The van der Waals surface area contributed by atoms with E-state index in [9.17, 15) is 14.4 Å². The van der Waals surface area contributed by atoms with Gasteiger partial charge in [-0.1, -0.05) is 0 Å².